The SMILES string of the molecule is CC(C)CC(NS(C)(=O)=O)C(=O)N1CC(O)CC1C(=O)O. The summed E-state index contributed by atoms with van der Waals surface area (Å²) < 4.78 is 25.0. The number of likely N-dealkylation sites (tertiary alicyclic amines) is 1. The van der Waals surface area contributed by atoms with Gasteiger partial charge in [-0.15, -0.1) is 0 Å². The Kier molecular flexibility index (Phi) is 5.71. The van der Waals surface area contributed by atoms with Crippen molar-refractivity contribution in [1.29, 1.82) is 0 Å². The second-order valence-corrected chi connectivity index (χ2v) is 7.59. The molecular weight excluding hydrogens is 300 g/mol. The Labute approximate surface area is 124 Å². The van der Waals surface area contributed by atoms with Crippen LogP contribution >= 0.6 is 0 Å². The first-order valence-corrected chi connectivity index (χ1v) is 8.59. The van der Waals surface area contributed by atoms with Crippen LogP contribution in [0.5, 0.6) is 0 Å². The van der Waals surface area contributed by atoms with Crippen molar-refractivity contribution in [2.45, 2.75) is 44.9 Å². The topological polar surface area (TPSA) is 124 Å². The van der Waals surface area contributed by atoms with Crippen molar-refractivity contribution < 1.29 is 28.2 Å². The summed E-state index contributed by atoms with van der Waals surface area (Å²) in [5, 5.41) is 18.7. The molecule has 0 radical (unpaired) electrons. The number of carbonyl (C=O) groups is 2. The average molecular weight is 322 g/mol. The molecule has 1 heterocycles. The number of carbonyl (C=O) groups excluding carboxylic acids is 1. The molecule has 122 valence electrons. The molecule has 1 saturated heterocycles. The highest BCUT2D eigenvalue weighted by Gasteiger charge is 2.41. The summed E-state index contributed by atoms with van der Waals surface area (Å²) in [5.41, 5.74) is 0. The van der Waals surface area contributed by atoms with Crippen LogP contribution < -0.4 is 4.72 Å². The average Bonchev–Trinajstić information content (AvgIpc) is 2.67. The second-order valence-electron chi connectivity index (χ2n) is 5.81. The molecule has 1 amide bonds. The molecule has 1 aliphatic heterocycles. The van der Waals surface area contributed by atoms with Crippen LogP contribution in [-0.2, 0) is 19.6 Å². The first-order valence-electron chi connectivity index (χ1n) is 6.70. The van der Waals surface area contributed by atoms with Gasteiger partial charge in [0.1, 0.15) is 12.1 Å². The highest BCUT2D eigenvalue weighted by molar-refractivity contribution is 7.88. The van der Waals surface area contributed by atoms with Gasteiger partial charge in [-0.25, -0.2) is 17.9 Å². The molecule has 0 saturated carbocycles. The minimum atomic E-state index is -3.60. The van der Waals surface area contributed by atoms with Gasteiger partial charge in [0.25, 0.3) is 0 Å². The van der Waals surface area contributed by atoms with Crippen LogP contribution in [0.4, 0.5) is 0 Å². The van der Waals surface area contributed by atoms with Crippen molar-refractivity contribution in [3.63, 3.8) is 0 Å². The van der Waals surface area contributed by atoms with E-state index >= 15 is 0 Å². The molecule has 3 atom stereocenters. The maximum atomic E-state index is 12.4. The fourth-order valence-electron chi connectivity index (χ4n) is 2.42. The zero-order valence-electron chi connectivity index (χ0n) is 12.3. The third-order valence-electron chi connectivity index (χ3n) is 3.21. The molecule has 0 bridgehead atoms. The number of hydrogen-bond acceptors (Lipinski definition) is 5. The third kappa shape index (κ3) is 5.25. The molecule has 1 aliphatic rings. The van der Waals surface area contributed by atoms with Gasteiger partial charge in [0, 0.05) is 13.0 Å². The zero-order chi connectivity index (χ0) is 16.4. The quantitative estimate of drug-likeness (QED) is 0.576. The lowest BCUT2D eigenvalue weighted by Crippen LogP contribution is -2.52. The number of hydrogen-bond donors (Lipinski definition) is 3. The van der Waals surface area contributed by atoms with Crippen molar-refractivity contribution in [2.75, 3.05) is 12.8 Å². The van der Waals surface area contributed by atoms with Gasteiger partial charge in [-0.05, 0) is 12.3 Å². The number of carboxylic acid groups (broad SMARTS) is 1. The van der Waals surface area contributed by atoms with E-state index in [-0.39, 0.29) is 25.3 Å². The molecule has 0 aliphatic carbocycles. The summed E-state index contributed by atoms with van der Waals surface area (Å²) in [6.45, 7) is 3.56. The van der Waals surface area contributed by atoms with Crippen LogP contribution in [-0.4, -0.2) is 66.4 Å². The normalized spacial score (nSPS) is 24.3. The van der Waals surface area contributed by atoms with E-state index in [0.29, 0.717) is 0 Å². The predicted octanol–water partition coefficient (Wildman–Crippen LogP) is -1.00. The fraction of sp³-hybridized carbons (Fsp3) is 0.833. The van der Waals surface area contributed by atoms with Crippen LogP contribution in [0.2, 0.25) is 0 Å². The monoisotopic (exact) mass is 322 g/mol. The van der Waals surface area contributed by atoms with Crippen molar-refractivity contribution >= 4 is 21.9 Å². The molecule has 3 unspecified atom stereocenters. The van der Waals surface area contributed by atoms with Crippen molar-refractivity contribution in [3.05, 3.63) is 0 Å². The standard InChI is InChI=1S/C12H22N2O6S/c1-7(2)4-9(13-21(3,19)20)11(16)14-6-8(15)5-10(14)12(17)18/h7-10,13,15H,4-6H2,1-3H3,(H,17,18). The summed E-state index contributed by atoms with van der Waals surface area (Å²) in [6.07, 6.45) is 0.244. The molecule has 8 nitrogen and oxygen atoms in total. The number of sulfonamides is 1. The molecule has 3 N–H and O–H groups in total. The largest absolute Gasteiger partial charge is 0.480 e. The number of carboxylic acids is 1. The van der Waals surface area contributed by atoms with Crippen molar-refractivity contribution in [2.24, 2.45) is 5.92 Å². The molecule has 0 aromatic carbocycles. The summed E-state index contributed by atoms with van der Waals surface area (Å²) in [4.78, 5) is 24.6. The second kappa shape index (κ2) is 6.71. The number of amides is 1. The molecule has 0 aromatic rings. The van der Waals surface area contributed by atoms with E-state index in [9.17, 15) is 23.1 Å². The lowest BCUT2D eigenvalue weighted by molar-refractivity contribution is -0.149. The minimum absolute atomic E-state index is 0.0454. The maximum absolute atomic E-state index is 12.4. The Morgan fingerprint density at radius 2 is 1.95 bits per heavy atom. The van der Waals surface area contributed by atoms with Crippen molar-refractivity contribution in [3.8, 4) is 0 Å². The molecule has 21 heavy (non-hydrogen) atoms. The Bertz CT molecular complexity index is 504. The minimum Gasteiger partial charge on any atom is -0.480 e. The van der Waals surface area contributed by atoms with E-state index in [1.165, 1.54) is 0 Å². The lowest BCUT2D eigenvalue weighted by atomic mass is 10.0. The first-order chi connectivity index (χ1) is 9.51. The molecule has 1 rings (SSSR count). The van der Waals surface area contributed by atoms with Gasteiger partial charge in [-0.1, -0.05) is 13.8 Å². The van der Waals surface area contributed by atoms with Crippen LogP contribution in [0.25, 0.3) is 0 Å². The van der Waals surface area contributed by atoms with E-state index in [1.54, 1.807) is 0 Å². The van der Waals surface area contributed by atoms with Crippen LogP contribution in [0.15, 0.2) is 0 Å². The van der Waals surface area contributed by atoms with Crippen molar-refractivity contribution in [1.82, 2.24) is 9.62 Å². The molecule has 1 fully saturated rings. The number of nitrogens with zero attached hydrogens (tertiary/aromatic N) is 1. The van der Waals surface area contributed by atoms with Gasteiger partial charge in [0.05, 0.1) is 12.4 Å². The number of aliphatic hydroxyl groups is 1. The van der Waals surface area contributed by atoms with Gasteiger partial charge >= 0.3 is 5.97 Å². The van der Waals surface area contributed by atoms with E-state index < -0.39 is 40.1 Å². The summed E-state index contributed by atoms with van der Waals surface area (Å²) >= 11 is 0. The smallest absolute Gasteiger partial charge is 0.326 e. The van der Waals surface area contributed by atoms with E-state index in [1.807, 2.05) is 13.8 Å². The summed E-state index contributed by atoms with van der Waals surface area (Å²) in [6, 6.07) is -2.14. The van der Waals surface area contributed by atoms with Crippen LogP contribution in [0.1, 0.15) is 26.7 Å². The molecular formula is C12H22N2O6S. The Morgan fingerprint density at radius 3 is 2.38 bits per heavy atom. The summed E-state index contributed by atoms with van der Waals surface area (Å²) in [7, 11) is -3.60. The highest BCUT2D eigenvalue weighted by Crippen LogP contribution is 2.21. The van der Waals surface area contributed by atoms with E-state index in [2.05, 4.69) is 4.72 Å². The highest BCUT2D eigenvalue weighted by atomic mass is 32.2. The van der Waals surface area contributed by atoms with Gasteiger partial charge in [-0.3, -0.25) is 4.79 Å². The molecule has 0 aromatic heterocycles. The Hall–Kier alpha value is -1.19. The first kappa shape index (κ1) is 17.9. The summed E-state index contributed by atoms with van der Waals surface area (Å²) in [5.74, 6) is -1.77. The number of rotatable bonds is 6. The fourth-order valence-corrected chi connectivity index (χ4v) is 3.13. The number of β-amino-alcohol motifs (C(OH)–C–C–N with tert-alkyl or cyclic N) is 1. The van der Waals surface area contributed by atoms with Crippen LogP contribution in [0, 0.1) is 5.92 Å². The molecule has 0 spiro atoms. The van der Waals surface area contributed by atoms with Crippen LogP contribution in [0.3, 0.4) is 0 Å². The van der Waals surface area contributed by atoms with Gasteiger partial charge < -0.3 is 15.1 Å². The Morgan fingerprint density at radius 1 is 1.38 bits per heavy atom. The van der Waals surface area contributed by atoms with Gasteiger partial charge in [0.15, 0.2) is 0 Å². The lowest BCUT2D eigenvalue weighted by Gasteiger charge is -2.27. The zero-order valence-corrected chi connectivity index (χ0v) is 13.1. The number of aliphatic carboxylic acids is 1. The van der Waals surface area contributed by atoms with E-state index in [0.717, 1.165) is 11.2 Å². The van der Waals surface area contributed by atoms with Gasteiger partial charge in [-0.2, -0.15) is 0 Å². The van der Waals surface area contributed by atoms with E-state index in [4.69, 9.17) is 5.11 Å². The Balaban J connectivity index is 2.95. The molecule has 9 heteroatoms. The third-order valence-corrected chi connectivity index (χ3v) is 3.92. The maximum Gasteiger partial charge on any atom is 0.326 e. The number of aliphatic hydroxyl groups excluding tert-OH is 1. The number of nitrogens with one attached hydrogen (secondary N) is 1. The van der Waals surface area contributed by atoms with Gasteiger partial charge in [0.2, 0.25) is 15.9 Å². The predicted molar refractivity (Wildman–Crippen MR) is 75.0 cm³/mol.